The molecule has 116 valence electrons. The van der Waals surface area contributed by atoms with Crippen molar-refractivity contribution < 1.29 is 0 Å². The average Bonchev–Trinajstić information content (AvgIpc) is 2.89. The average molecular weight is 304 g/mol. The van der Waals surface area contributed by atoms with E-state index in [1.165, 1.54) is 5.56 Å². The van der Waals surface area contributed by atoms with E-state index in [1.54, 1.807) is 0 Å². The van der Waals surface area contributed by atoms with Gasteiger partial charge in [-0.3, -0.25) is 0 Å². The molecule has 0 fully saturated rings. The number of aliphatic imine (C=N–C) groups is 3. The van der Waals surface area contributed by atoms with Crippen molar-refractivity contribution in [3.8, 4) is 0 Å². The van der Waals surface area contributed by atoms with Crippen LogP contribution in [0, 0.1) is 0 Å². The zero-order chi connectivity index (χ0) is 16.4. The maximum Gasteiger partial charge on any atom is 0.197 e. The lowest BCUT2D eigenvalue weighted by Gasteiger charge is -2.18. The van der Waals surface area contributed by atoms with E-state index < -0.39 is 0 Å². The van der Waals surface area contributed by atoms with Crippen LogP contribution in [0.5, 0.6) is 0 Å². The Morgan fingerprint density at radius 3 is 2.13 bits per heavy atom. The van der Waals surface area contributed by atoms with Gasteiger partial charge in [0.25, 0.3) is 0 Å². The van der Waals surface area contributed by atoms with Crippen LogP contribution in [0.15, 0.2) is 69.6 Å². The number of nitrogens with zero attached hydrogens (tertiary/aromatic N) is 3. The number of hydrogen-bond donors (Lipinski definition) is 1. The van der Waals surface area contributed by atoms with E-state index >= 15 is 0 Å². The molecule has 1 aliphatic heterocycles. The predicted molar refractivity (Wildman–Crippen MR) is 96.8 cm³/mol. The fraction of sp³-hybridized carbons (Fsp3) is 0.211. The number of nitrogens with two attached hydrogens (primary N) is 1. The van der Waals surface area contributed by atoms with Crippen LogP contribution in [0.25, 0.3) is 0 Å². The molecule has 3 rings (SSSR count). The number of benzene rings is 2. The second-order valence-electron chi connectivity index (χ2n) is 6.53. The van der Waals surface area contributed by atoms with Gasteiger partial charge in [-0.05, 0) is 23.1 Å². The molecule has 0 aliphatic carbocycles. The van der Waals surface area contributed by atoms with Crippen LogP contribution in [0.4, 0.5) is 5.69 Å². The van der Waals surface area contributed by atoms with Crippen molar-refractivity contribution in [1.29, 1.82) is 0 Å². The highest BCUT2D eigenvalue weighted by atomic mass is 15.1. The highest BCUT2D eigenvalue weighted by molar-refractivity contribution is 6.47. The monoisotopic (exact) mass is 304 g/mol. The Hall–Kier alpha value is -2.75. The van der Waals surface area contributed by atoms with Crippen LogP contribution in [-0.2, 0) is 5.41 Å². The van der Waals surface area contributed by atoms with E-state index in [4.69, 9.17) is 5.73 Å². The third-order valence-corrected chi connectivity index (χ3v) is 3.67. The molecule has 4 nitrogen and oxygen atoms in total. The van der Waals surface area contributed by atoms with Gasteiger partial charge in [-0.25, -0.2) is 15.0 Å². The Balaban J connectivity index is 1.89. The second kappa shape index (κ2) is 5.80. The Labute approximate surface area is 136 Å². The van der Waals surface area contributed by atoms with Crippen molar-refractivity contribution in [3.05, 3.63) is 65.7 Å². The predicted octanol–water partition coefficient (Wildman–Crippen LogP) is 3.83. The van der Waals surface area contributed by atoms with Gasteiger partial charge >= 0.3 is 0 Å². The highest BCUT2D eigenvalue weighted by Crippen LogP contribution is 2.24. The first-order valence-electron chi connectivity index (χ1n) is 7.61. The quantitative estimate of drug-likeness (QED) is 0.900. The van der Waals surface area contributed by atoms with Crippen LogP contribution < -0.4 is 5.73 Å². The van der Waals surface area contributed by atoms with E-state index in [1.807, 2.05) is 42.5 Å². The van der Waals surface area contributed by atoms with Crippen molar-refractivity contribution in [3.63, 3.8) is 0 Å². The standard InChI is InChI=1S/C19H20N4/c1-19(2,3)14-9-11-15(12-10-14)21-18-16(20)22-17(23-18)13-7-5-4-6-8-13/h4-12H,1-3H3,(H2,20,21,22,23). The molecular weight excluding hydrogens is 284 g/mol. The second-order valence-corrected chi connectivity index (χ2v) is 6.53. The summed E-state index contributed by atoms with van der Waals surface area (Å²) in [5.74, 6) is 1.42. The zero-order valence-electron chi connectivity index (χ0n) is 13.6. The molecule has 2 aromatic carbocycles. The summed E-state index contributed by atoms with van der Waals surface area (Å²) in [7, 11) is 0. The minimum atomic E-state index is 0.123. The molecule has 0 saturated carbocycles. The van der Waals surface area contributed by atoms with Gasteiger partial charge in [0, 0.05) is 5.56 Å². The lowest BCUT2D eigenvalue weighted by atomic mass is 9.87. The van der Waals surface area contributed by atoms with Gasteiger partial charge in [0.05, 0.1) is 5.69 Å². The van der Waals surface area contributed by atoms with Gasteiger partial charge in [-0.15, -0.1) is 0 Å². The number of rotatable bonds is 2. The van der Waals surface area contributed by atoms with Gasteiger partial charge in [-0.2, -0.15) is 0 Å². The minimum absolute atomic E-state index is 0.123. The Morgan fingerprint density at radius 1 is 0.870 bits per heavy atom. The Bertz CT molecular complexity index is 792. The highest BCUT2D eigenvalue weighted by Gasteiger charge is 2.17. The maximum atomic E-state index is 5.96. The Kier molecular flexibility index (Phi) is 3.82. The Morgan fingerprint density at radius 2 is 1.52 bits per heavy atom. The number of hydrogen-bond acceptors (Lipinski definition) is 3. The van der Waals surface area contributed by atoms with Crippen LogP contribution in [0.3, 0.4) is 0 Å². The van der Waals surface area contributed by atoms with Crippen LogP contribution in [0.2, 0.25) is 0 Å². The van der Waals surface area contributed by atoms with Gasteiger partial charge in [0.2, 0.25) is 0 Å². The lowest BCUT2D eigenvalue weighted by Crippen LogP contribution is -2.18. The summed E-state index contributed by atoms with van der Waals surface area (Å²) in [4.78, 5) is 13.3. The topological polar surface area (TPSA) is 63.1 Å². The molecule has 0 saturated heterocycles. The van der Waals surface area contributed by atoms with E-state index in [0.29, 0.717) is 17.5 Å². The fourth-order valence-corrected chi connectivity index (χ4v) is 2.30. The maximum absolute atomic E-state index is 5.96. The largest absolute Gasteiger partial charge is 0.380 e. The fourth-order valence-electron chi connectivity index (χ4n) is 2.30. The molecule has 0 radical (unpaired) electrons. The van der Waals surface area contributed by atoms with E-state index in [0.717, 1.165) is 11.3 Å². The molecule has 0 bridgehead atoms. The summed E-state index contributed by atoms with van der Waals surface area (Å²) in [5.41, 5.74) is 9.11. The van der Waals surface area contributed by atoms with Crippen molar-refractivity contribution in [2.45, 2.75) is 26.2 Å². The van der Waals surface area contributed by atoms with E-state index in [2.05, 4.69) is 47.9 Å². The molecule has 2 N–H and O–H groups in total. The van der Waals surface area contributed by atoms with Crippen molar-refractivity contribution in [1.82, 2.24) is 0 Å². The van der Waals surface area contributed by atoms with Crippen molar-refractivity contribution >= 4 is 23.2 Å². The summed E-state index contributed by atoms with van der Waals surface area (Å²) in [6.07, 6.45) is 0. The van der Waals surface area contributed by atoms with Crippen LogP contribution >= 0.6 is 0 Å². The number of amidine groups is 3. The molecule has 0 spiro atoms. The summed E-state index contributed by atoms with van der Waals surface area (Å²) >= 11 is 0. The smallest absolute Gasteiger partial charge is 0.197 e. The lowest BCUT2D eigenvalue weighted by molar-refractivity contribution is 0.590. The normalized spacial score (nSPS) is 16.4. The summed E-state index contributed by atoms with van der Waals surface area (Å²) < 4.78 is 0. The first-order chi connectivity index (χ1) is 10.9. The molecule has 1 aliphatic rings. The molecule has 2 aromatic rings. The third kappa shape index (κ3) is 3.37. The van der Waals surface area contributed by atoms with Gasteiger partial charge in [0.1, 0.15) is 0 Å². The molecule has 23 heavy (non-hydrogen) atoms. The minimum Gasteiger partial charge on any atom is -0.380 e. The van der Waals surface area contributed by atoms with Gasteiger partial charge < -0.3 is 5.73 Å². The van der Waals surface area contributed by atoms with E-state index in [-0.39, 0.29) is 5.41 Å². The first-order valence-corrected chi connectivity index (χ1v) is 7.61. The summed E-state index contributed by atoms with van der Waals surface area (Å²) in [5, 5.41) is 0. The van der Waals surface area contributed by atoms with Crippen LogP contribution in [-0.4, -0.2) is 17.5 Å². The van der Waals surface area contributed by atoms with Crippen molar-refractivity contribution in [2.75, 3.05) is 0 Å². The summed E-state index contributed by atoms with van der Waals surface area (Å²) in [6.45, 7) is 6.56. The van der Waals surface area contributed by atoms with Gasteiger partial charge in [0.15, 0.2) is 17.5 Å². The molecule has 0 amide bonds. The zero-order valence-corrected chi connectivity index (χ0v) is 13.6. The molecule has 4 heteroatoms. The molecule has 0 unspecified atom stereocenters. The first kappa shape index (κ1) is 15.2. The summed E-state index contributed by atoms with van der Waals surface area (Å²) in [6, 6.07) is 17.9. The molecule has 0 atom stereocenters. The van der Waals surface area contributed by atoms with Gasteiger partial charge in [-0.1, -0.05) is 63.2 Å². The SMILES string of the molecule is CC(C)(C)c1ccc(N=C2N=C(c3ccccc3)N=C2N)cc1. The van der Waals surface area contributed by atoms with Crippen molar-refractivity contribution in [2.24, 2.45) is 20.7 Å². The molecule has 0 aromatic heterocycles. The molecule has 1 heterocycles. The molecular formula is C19H20N4. The van der Waals surface area contributed by atoms with E-state index in [9.17, 15) is 0 Å². The third-order valence-electron chi connectivity index (χ3n) is 3.67. The van der Waals surface area contributed by atoms with Crippen LogP contribution in [0.1, 0.15) is 31.9 Å².